The Kier molecular flexibility index (Phi) is 22.6. The molecular formula is C86H106CoN8O2. The molecule has 1 radical (unpaired) electrons. The molecule has 511 valence electrons. The van der Waals surface area contributed by atoms with Crippen LogP contribution >= 0.6 is 0 Å². The van der Waals surface area contributed by atoms with Crippen molar-refractivity contribution in [3.8, 4) is 29.7 Å². The van der Waals surface area contributed by atoms with Gasteiger partial charge in [-0.2, -0.15) is 27.2 Å². The SMILES string of the molecule is CC(C)c1cc(C#N)cc(C(C)C)c1O/C(=C1/N=C(C2CCCC2)C(C#N)=C1C1CCCC1)c1[n-]c(C2CCCC2)cc1C1CCCC1.[C-]#[N+]c1c(C2CCCC2)[n-]c(/C(Oc2c(C(C)C)cc(C#N)cc2C(C)C)=C2\N=C(C3CCCC3)C=C2C2CCCC2)c1C1CCCC1.[Co+2]. The molecule has 14 rings (SSSR count). The van der Waals surface area contributed by atoms with Crippen LogP contribution in [0, 0.1) is 64.2 Å². The Labute approximate surface area is 591 Å². The molecule has 0 amide bonds. The number of hydrogen-bond acceptors (Lipinski definition) is 7. The second kappa shape index (κ2) is 31.3. The molecule has 0 bridgehead atoms. The maximum absolute atomic E-state index is 10.9. The Hall–Kier alpha value is -6.63. The predicted octanol–water partition coefficient (Wildman–Crippen LogP) is 23.6. The first-order valence-corrected chi connectivity index (χ1v) is 38.6. The molecule has 97 heavy (non-hydrogen) atoms. The summed E-state index contributed by atoms with van der Waals surface area (Å²) in [5.74, 6) is 7.11. The van der Waals surface area contributed by atoms with E-state index in [1.54, 1.807) is 0 Å². The van der Waals surface area contributed by atoms with Crippen molar-refractivity contribution in [3.63, 3.8) is 0 Å². The van der Waals surface area contributed by atoms with Crippen molar-refractivity contribution < 1.29 is 26.3 Å². The molecular weight excluding hydrogens is 1240 g/mol. The molecule has 4 aromatic rings. The van der Waals surface area contributed by atoms with E-state index in [4.69, 9.17) is 36.0 Å². The maximum atomic E-state index is 10.9. The predicted molar refractivity (Wildman–Crippen MR) is 388 cm³/mol. The van der Waals surface area contributed by atoms with Gasteiger partial charge in [-0.3, -0.25) is 0 Å². The number of nitrogens with zero attached hydrogens (tertiary/aromatic N) is 8. The van der Waals surface area contributed by atoms with E-state index >= 15 is 0 Å². The van der Waals surface area contributed by atoms with Gasteiger partial charge in [0, 0.05) is 23.1 Å². The van der Waals surface area contributed by atoms with Gasteiger partial charge in [0.15, 0.2) is 5.69 Å². The normalized spacial score (nSPS) is 22.0. The minimum absolute atomic E-state index is 0. The average Bonchev–Trinajstić information content (AvgIpc) is 1.62. The van der Waals surface area contributed by atoms with Gasteiger partial charge in [-0.05, 0) is 220 Å². The van der Waals surface area contributed by atoms with Gasteiger partial charge in [0.25, 0.3) is 0 Å². The third-order valence-corrected chi connectivity index (χ3v) is 24.3. The van der Waals surface area contributed by atoms with Crippen LogP contribution in [-0.2, 0) is 16.8 Å². The molecule has 8 fully saturated rings. The van der Waals surface area contributed by atoms with E-state index in [0.717, 1.165) is 153 Å². The van der Waals surface area contributed by atoms with E-state index in [-0.39, 0.29) is 40.5 Å². The summed E-state index contributed by atoms with van der Waals surface area (Å²) in [6, 6.07) is 18.1. The molecule has 8 aliphatic carbocycles. The summed E-state index contributed by atoms with van der Waals surface area (Å²) >= 11 is 0. The van der Waals surface area contributed by atoms with Crippen molar-refractivity contribution in [2.24, 2.45) is 33.7 Å². The summed E-state index contributed by atoms with van der Waals surface area (Å²) in [7, 11) is 0. The number of ether oxygens (including phenoxy) is 2. The Morgan fingerprint density at radius 3 is 1.33 bits per heavy atom. The molecule has 0 unspecified atom stereocenters. The van der Waals surface area contributed by atoms with Crippen LogP contribution < -0.4 is 19.4 Å². The Morgan fingerprint density at radius 1 is 0.464 bits per heavy atom. The zero-order chi connectivity index (χ0) is 66.7. The topological polar surface area (TPSA) is 147 Å². The number of hydrogen-bond donors (Lipinski definition) is 0. The van der Waals surface area contributed by atoms with Crippen LogP contribution in [0.4, 0.5) is 5.69 Å². The fourth-order valence-electron chi connectivity index (χ4n) is 19.0. The first kappa shape index (κ1) is 70.2. The van der Waals surface area contributed by atoms with E-state index < -0.39 is 0 Å². The zero-order valence-corrected chi connectivity index (χ0v) is 60.8. The quantitative estimate of drug-likeness (QED) is 0.0712. The number of allylic oxidation sites excluding steroid dienone is 4. The molecule has 11 heteroatoms. The number of benzene rings is 2. The summed E-state index contributed by atoms with van der Waals surface area (Å²) in [5, 5.41) is 30.9. The van der Waals surface area contributed by atoms with Crippen LogP contribution in [-0.4, -0.2) is 11.4 Å². The summed E-state index contributed by atoms with van der Waals surface area (Å²) in [6.45, 7) is 26.1. The third-order valence-electron chi connectivity index (χ3n) is 24.3. The third kappa shape index (κ3) is 14.4. The first-order valence-electron chi connectivity index (χ1n) is 38.6. The van der Waals surface area contributed by atoms with E-state index in [0.29, 0.717) is 58.5 Å². The van der Waals surface area contributed by atoms with E-state index in [2.05, 4.69) is 90.6 Å². The number of nitriles is 3. The van der Waals surface area contributed by atoms with Gasteiger partial charge in [-0.1, -0.05) is 187 Å². The minimum Gasteiger partial charge on any atom is -0.668 e. The van der Waals surface area contributed by atoms with Crippen molar-refractivity contribution in [1.82, 2.24) is 9.97 Å². The molecule has 0 atom stereocenters. The zero-order valence-electron chi connectivity index (χ0n) is 59.7. The van der Waals surface area contributed by atoms with Crippen molar-refractivity contribution in [2.75, 3.05) is 0 Å². The monoisotopic (exact) mass is 1340 g/mol. The van der Waals surface area contributed by atoms with Crippen molar-refractivity contribution in [2.45, 2.75) is 308 Å². The van der Waals surface area contributed by atoms with Crippen molar-refractivity contribution >= 4 is 28.6 Å². The van der Waals surface area contributed by atoms with Crippen LogP contribution in [0.3, 0.4) is 0 Å². The van der Waals surface area contributed by atoms with Crippen LogP contribution in [0.25, 0.3) is 16.4 Å². The summed E-state index contributed by atoms with van der Waals surface area (Å²) in [5.41, 5.74) is 20.3. The Morgan fingerprint density at radius 2 is 0.876 bits per heavy atom. The molecule has 0 spiro atoms. The molecule has 0 saturated heterocycles. The summed E-state index contributed by atoms with van der Waals surface area (Å²) in [6.07, 6.45) is 40.5. The van der Waals surface area contributed by atoms with Gasteiger partial charge in [-0.25, -0.2) is 14.8 Å². The van der Waals surface area contributed by atoms with Gasteiger partial charge in [0.2, 0.25) is 0 Å². The number of rotatable bonds is 18. The number of aromatic nitrogens is 2. The standard InChI is InChI=1S/2C43H53N4O.Co/c1-26(2)33-22-28(25-44)23-34(27(3)4)42(33)48-43(39-35(29-14-6-7-15-29)24-36(46-39)30-16-8-9-17-30)41-37(31-18-10-11-19-31)40(45-5)38(47-41)32-20-12-13-21-32;1-26(2)33-21-28(24-44)22-34(27(3)4)42(33)48-43(40-35(29-13-5-6-14-29)23-37(46-40)30-15-7-8-16-30)41-38(31-17-9-10-18-31)36(25-45)39(47-41)32-19-11-12-20-32;/h22-24,26-27,29-32H,6-21H2,1-4H3;21-23,26-27,29-32H,5-20H2,1-4H3;/q2*-1;+2/b43-39+;43-41+;. The van der Waals surface area contributed by atoms with Crippen molar-refractivity contribution in [1.29, 1.82) is 15.8 Å². The van der Waals surface area contributed by atoms with Crippen molar-refractivity contribution in [3.05, 3.63) is 143 Å². The smallest absolute Gasteiger partial charge is 0.668 e. The Balaban J connectivity index is 0.000000183. The first-order chi connectivity index (χ1) is 46.7. The fourth-order valence-corrected chi connectivity index (χ4v) is 19.0. The van der Waals surface area contributed by atoms with Crippen LogP contribution in [0.1, 0.15) is 375 Å². The molecule has 4 heterocycles. The van der Waals surface area contributed by atoms with Gasteiger partial charge in [0.05, 0.1) is 41.1 Å². The van der Waals surface area contributed by atoms with E-state index in [1.807, 2.05) is 24.3 Å². The summed E-state index contributed by atoms with van der Waals surface area (Å²) in [4.78, 5) is 26.6. The van der Waals surface area contributed by atoms with E-state index in [1.165, 1.54) is 177 Å². The maximum Gasteiger partial charge on any atom is 2.00 e. The minimum atomic E-state index is 0. The van der Waals surface area contributed by atoms with E-state index in [9.17, 15) is 15.8 Å². The van der Waals surface area contributed by atoms with Crippen LogP contribution in [0.5, 0.6) is 11.5 Å². The van der Waals surface area contributed by atoms with Gasteiger partial charge in [-0.15, -0.1) is 0 Å². The molecule has 2 aliphatic heterocycles. The molecule has 8 saturated carbocycles. The largest absolute Gasteiger partial charge is 2.00 e. The van der Waals surface area contributed by atoms with Gasteiger partial charge in [0.1, 0.15) is 40.5 Å². The second-order valence-corrected chi connectivity index (χ2v) is 32.0. The molecule has 2 aromatic carbocycles. The fraction of sp³-hybridized carbons (Fsp3) is 0.605. The summed E-state index contributed by atoms with van der Waals surface area (Å²) < 4.78 is 15.0. The Bertz CT molecular complexity index is 3850. The molecule has 0 N–H and O–H groups in total. The van der Waals surface area contributed by atoms with Gasteiger partial charge < -0.3 is 19.4 Å². The van der Waals surface area contributed by atoms with Crippen LogP contribution in [0.2, 0.25) is 0 Å². The molecule has 10 nitrogen and oxygen atoms in total. The van der Waals surface area contributed by atoms with Gasteiger partial charge >= 0.3 is 16.8 Å². The number of aliphatic imine (C=N–C) groups is 2. The molecule has 2 aromatic heterocycles. The van der Waals surface area contributed by atoms with Crippen LogP contribution in [0.15, 0.2) is 74.5 Å². The average molecular weight is 1340 g/mol. The second-order valence-electron chi connectivity index (χ2n) is 32.0. The molecule has 10 aliphatic rings.